The predicted octanol–water partition coefficient (Wildman–Crippen LogP) is 7.65. The van der Waals surface area contributed by atoms with Crippen LogP contribution >= 0.6 is 55.1 Å². The van der Waals surface area contributed by atoms with Gasteiger partial charge in [-0.05, 0) is 97.6 Å². The van der Waals surface area contributed by atoms with E-state index in [0.717, 1.165) is 5.56 Å². The van der Waals surface area contributed by atoms with Crippen LogP contribution in [0.2, 0.25) is 10.0 Å². The van der Waals surface area contributed by atoms with Crippen molar-refractivity contribution in [1.82, 2.24) is 0 Å². The molecule has 168 valence electrons. The molecule has 9 heteroatoms. The van der Waals surface area contributed by atoms with Gasteiger partial charge < -0.3 is 14.8 Å². The number of carbonyl (C=O) groups is 1. The minimum Gasteiger partial charge on any atom is -0.497 e. The first kappa shape index (κ1) is 25.1. The SMILES string of the molecule is COc1ccc(NC(=O)/C(C#N)=C\c2cc(Br)c(OCc3ccc(Cl)c(Cl)c3)c(Br)c2)cc1. The Balaban J connectivity index is 1.75. The number of methoxy groups -OCH3 is 1. The zero-order valence-corrected chi connectivity index (χ0v) is 21.8. The molecule has 0 aliphatic rings. The Morgan fingerprint density at radius 1 is 1.06 bits per heavy atom. The van der Waals surface area contributed by atoms with Crippen molar-refractivity contribution < 1.29 is 14.3 Å². The van der Waals surface area contributed by atoms with E-state index in [9.17, 15) is 10.1 Å². The highest BCUT2D eigenvalue weighted by atomic mass is 79.9. The van der Waals surface area contributed by atoms with Gasteiger partial charge in [-0.3, -0.25) is 4.79 Å². The van der Waals surface area contributed by atoms with Crippen molar-refractivity contribution in [2.75, 3.05) is 12.4 Å². The maximum Gasteiger partial charge on any atom is 0.266 e. The third-order valence-electron chi connectivity index (χ3n) is 4.41. The van der Waals surface area contributed by atoms with Gasteiger partial charge in [0, 0.05) is 5.69 Å². The van der Waals surface area contributed by atoms with E-state index >= 15 is 0 Å². The Hall–Kier alpha value is -2.50. The predicted molar refractivity (Wildman–Crippen MR) is 138 cm³/mol. The number of benzene rings is 3. The largest absolute Gasteiger partial charge is 0.497 e. The second-order valence-corrected chi connectivity index (χ2v) is 9.23. The average molecular weight is 611 g/mol. The monoisotopic (exact) mass is 608 g/mol. The van der Waals surface area contributed by atoms with E-state index in [1.807, 2.05) is 12.1 Å². The van der Waals surface area contributed by atoms with Gasteiger partial charge in [-0.1, -0.05) is 29.3 Å². The summed E-state index contributed by atoms with van der Waals surface area (Å²) in [5.74, 6) is 0.717. The molecule has 0 unspecified atom stereocenters. The van der Waals surface area contributed by atoms with Crippen molar-refractivity contribution >= 4 is 72.7 Å². The number of hydrogen-bond donors (Lipinski definition) is 1. The van der Waals surface area contributed by atoms with E-state index in [1.165, 1.54) is 6.08 Å². The Bertz CT molecular complexity index is 1230. The lowest BCUT2D eigenvalue weighted by Gasteiger charge is -2.12. The minimum absolute atomic E-state index is 0.0471. The summed E-state index contributed by atoms with van der Waals surface area (Å²) in [4.78, 5) is 12.5. The number of halogens is 4. The van der Waals surface area contributed by atoms with Crippen molar-refractivity contribution in [3.05, 3.63) is 90.3 Å². The van der Waals surface area contributed by atoms with Crippen LogP contribution in [0, 0.1) is 11.3 Å². The lowest BCUT2D eigenvalue weighted by Crippen LogP contribution is -2.13. The number of hydrogen-bond acceptors (Lipinski definition) is 4. The Morgan fingerprint density at radius 2 is 1.73 bits per heavy atom. The fourth-order valence-electron chi connectivity index (χ4n) is 2.77. The molecule has 0 bridgehead atoms. The van der Waals surface area contributed by atoms with E-state index in [-0.39, 0.29) is 12.2 Å². The summed E-state index contributed by atoms with van der Waals surface area (Å²) in [7, 11) is 1.56. The standard InChI is InChI=1S/C24H16Br2Cl2N2O3/c1-32-18-5-3-17(4-6-18)30-24(31)16(12-29)8-15-9-19(25)23(20(26)10-15)33-13-14-2-7-21(27)22(28)11-14/h2-11H,13H2,1H3,(H,30,31)/b16-8-. The lowest BCUT2D eigenvalue weighted by atomic mass is 10.1. The molecule has 0 fully saturated rings. The minimum atomic E-state index is -0.519. The normalized spacial score (nSPS) is 11.0. The molecule has 0 saturated heterocycles. The van der Waals surface area contributed by atoms with E-state index in [1.54, 1.807) is 55.6 Å². The first-order chi connectivity index (χ1) is 15.8. The molecule has 3 aromatic rings. The molecule has 0 aromatic heterocycles. The summed E-state index contributed by atoms with van der Waals surface area (Å²) in [6.07, 6.45) is 1.50. The van der Waals surface area contributed by atoms with Gasteiger partial charge >= 0.3 is 0 Å². The molecule has 0 heterocycles. The Morgan fingerprint density at radius 3 is 2.30 bits per heavy atom. The molecule has 1 N–H and O–H groups in total. The number of nitrogens with one attached hydrogen (secondary N) is 1. The third-order valence-corrected chi connectivity index (χ3v) is 6.33. The molecule has 1 amide bonds. The van der Waals surface area contributed by atoms with Gasteiger partial charge in [0.15, 0.2) is 0 Å². The van der Waals surface area contributed by atoms with Crippen LogP contribution in [0.3, 0.4) is 0 Å². The molecule has 0 atom stereocenters. The van der Waals surface area contributed by atoms with Crippen molar-refractivity contribution in [2.24, 2.45) is 0 Å². The second-order valence-electron chi connectivity index (χ2n) is 6.70. The van der Waals surface area contributed by atoms with Crippen molar-refractivity contribution in [3.8, 4) is 17.6 Å². The number of ether oxygens (including phenoxy) is 2. The van der Waals surface area contributed by atoms with Gasteiger partial charge in [-0.15, -0.1) is 0 Å². The molecule has 0 saturated carbocycles. The number of rotatable bonds is 7. The van der Waals surface area contributed by atoms with Gasteiger partial charge in [0.2, 0.25) is 0 Å². The van der Waals surface area contributed by atoms with Crippen LogP contribution in [0.5, 0.6) is 11.5 Å². The van der Waals surface area contributed by atoms with E-state index < -0.39 is 5.91 Å². The molecule has 0 spiro atoms. The summed E-state index contributed by atoms with van der Waals surface area (Å²) >= 11 is 19.0. The zero-order chi connectivity index (χ0) is 24.0. The van der Waals surface area contributed by atoms with Crippen LogP contribution in [0.1, 0.15) is 11.1 Å². The number of amides is 1. The molecule has 0 aliphatic heterocycles. The summed E-state index contributed by atoms with van der Waals surface area (Å²) in [5, 5.41) is 13.1. The third kappa shape index (κ3) is 6.75. The fraction of sp³-hybridized carbons (Fsp3) is 0.0833. The maximum absolute atomic E-state index is 12.5. The van der Waals surface area contributed by atoms with Crippen molar-refractivity contribution in [2.45, 2.75) is 6.61 Å². The quantitative estimate of drug-likeness (QED) is 0.220. The topological polar surface area (TPSA) is 71.3 Å². The highest BCUT2D eigenvalue weighted by Gasteiger charge is 2.13. The summed E-state index contributed by atoms with van der Waals surface area (Å²) in [5.41, 5.74) is 2.00. The molecular formula is C24H16Br2Cl2N2O3. The lowest BCUT2D eigenvalue weighted by molar-refractivity contribution is -0.112. The highest BCUT2D eigenvalue weighted by Crippen LogP contribution is 2.36. The molecule has 33 heavy (non-hydrogen) atoms. The number of carbonyl (C=O) groups excluding carboxylic acids is 1. The van der Waals surface area contributed by atoms with E-state index in [2.05, 4.69) is 37.2 Å². The number of anilines is 1. The van der Waals surface area contributed by atoms with Crippen LogP contribution < -0.4 is 14.8 Å². The molecule has 0 aliphatic carbocycles. The number of nitrogens with zero attached hydrogens (tertiary/aromatic N) is 1. The number of nitriles is 1. The Kier molecular flexibility index (Phi) is 8.81. The van der Waals surface area contributed by atoms with Gasteiger partial charge in [0.25, 0.3) is 5.91 Å². The highest BCUT2D eigenvalue weighted by molar-refractivity contribution is 9.11. The van der Waals surface area contributed by atoms with Gasteiger partial charge in [0.1, 0.15) is 29.7 Å². The summed E-state index contributed by atoms with van der Waals surface area (Å²) < 4.78 is 12.3. The van der Waals surface area contributed by atoms with E-state index in [4.69, 9.17) is 32.7 Å². The average Bonchev–Trinajstić information content (AvgIpc) is 2.79. The van der Waals surface area contributed by atoms with Crippen LogP contribution in [-0.2, 0) is 11.4 Å². The Labute approximate surface area is 218 Å². The molecular weight excluding hydrogens is 595 g/mol. The van der Waals surface area contributed by atoms with Crippen LogP contribution in [0.4, 0.5) is 5.69 Å². The first-order valence-electron chi connectivity index (χ1n) is 9.43. The molecule has 5 nitrogen and oxygen atoms in total. The van der Waals surface area contributed by atoms with Gasteiger partial charge in [-0.2, -0.15) is 5.26 Å². The van der Waals surface area contributed by atoms with Crippen LogP contribution in [0.15, 0.2) is 69.1 Å². The van der Waals surface area contributed by atoms with Crippen molar-refractivity contribution in [1.29, 1.82) is 5.26 Å². The zero-order valence-electron chi connectivity index (χ0n) is 17.2. The van der Waals surface area contributed by atoms with Crippen LogP contribution in [-0.4, -0.2) is 13.0 Å². The molecule has 3 aromatic carbocycles. The molecule has 0 radical (unpaired) electrons. The van der Waals surface area contributed by atoms with Crippen LogP contribution in [0.25, 0.3) is 6.08 Å². The smallest absolute Gasteiger partial charge is 0.266 e. The second kappa shape index (κ2) is 11.6. The molecule has 3 rings (SSSR count). The van der Waals surface area contributed by atoms with Crippen molar-refractivity contribution in [3.63, 3.8) is 0 Å². The fourth-order valence-corrected chi connectivity index (χ4v) is 4.55. The maximum atomic E-state index is 12.5. The summed E-state index contributed by atoms with van der Waals surface area (Å²) in [6.45, 7) is 0.275. The summed E-state index contributed by atoms with van der Waals surface area (Å²) in [6, 6.07) is 17.6. The van der Waals surface area contributed by atoms with Gasteiger partial charge in [0.05, 0.1) is 26.1 Å². The van der Waals surface area contributed by atoms with E-state index in [0.29, 0.717) is 41.7 Å². The van der Waals surface area contributed by atoms with Gasteiger partial charge in [-0.25, -0.2) is 0 Å². The first-order valence-corrected chi connectivity index (χ1v) is 11.8.